The predicted molar refractivity (Wildman–Crippen MR) is 99.8 cm³/mol. The first-order valence-corrected chi connectivity index (χ1v) is 8.48. The molecule has 1 atom stereocenters. The Morgan fingerprint density at radius 1 is 1.12 bits per heavy atom. The van der Waals surface area contributed by atoms with Crippen molar-refractivity contribution in [3.63, 3.8) is 0 Å². The number of amides is 2. The van der Waals surface area contributed by atoms with Crippen LogP contribution < -0.4 is 15.4 Å². The molecule has 3 N–H and O–H groups in total. The predicted octanol–water partition coefficient (Wildman–Crippen LogP) is 2.58. The van der Waals surface area contributed by atoms with E-state index in [9.17, 15) is 14.7 Å². The number of benzene rings is 2. The second-order valence-corrected chi connectivity index (χ2v) is 6.24. The summed E-state index contributed by atoms with van der Waals surface area (Å²) in [7, 11) is 1.55. The molecule has 1 unspecified atom stereocenters. The third-order valence-electron chi connectivity index (χ3n) is 3.58. The van der Waals surface area contributed by atoms with E-state index in [1.165, 1.54) is 18.2 Å². The number of rotatable bonds is 7. The average Bonchev–Trinajstić information content (AvgIpc) is 2.64. The molecule has 0 fully saturated rings. The zero-order valence-corrected chi connectivity index (χ0v) is 15.5. The fourth-order valence-electron chi connectivity index (χ4n) is 2.15. The lowest BCUT2D eigenvalue weighted by molar-refractivity contribution is -0.120. The molecule has 0 aliphatic rings. The molecular weight excluding hydrogens is 379 g/mol. The maximum Gasteiger partial charge on any atom is 0.253 e. The van der Waals surface area contributed by atoms with Crippen molar-refractivity contribution < 1.29 is 19.4 Å². The highest BCUT2D eigenvalue weighted by molar-refractivity contribution is 6.36. The molecule has 8 heteroatoms. The Kier molecular flexibility index (Phi) is 7.26. The third kappa shape index (κ3) is 5.62. The summed E-state index contributed by atoms with van der Waals surface area (Å²) in [6, 6.07) is 11.3. The molecule has 0 saturated carbocycles. The van der Waals surface area contributed by atoms with Crippen molar-refractivity contribution in [2.45, 2.75) is 6.10 Å². The van der Waals surface area contributed by atoms with E-state index in [1.54, 1.807) is 31.4 Å². The van der Waals surface area contributed by atoms with Crippen LogP contribution in [0.15, 0.2) is 42.5 Å². The number of aliphatic hydroxyl groups excluding tert-OH is 1. The molecule has 26 heavy (non-hydrogen) atoms. The highest BCUT2D eigenvalue weighted by atomic mass is 35.5. The summed E-state index contributed by atoms with van der Waals surface area (Å²) < 4.78 is 5.04. The average molecular weight is 397 g/mol. The highest BCUT2D eigenvalue weighted by Gasteiger charge is 2.13. The third-order valence-corrected chi connectivity index (χ3v) is 4.13. The van der Waals surface area contributed by atoms with Gasteiger partial charge in [-0.3, -0.25) is 9.59 Å². The molecule has 0 aliphatic carbocycles. The Morgan fingerprint density at radius 2 is 1.81 bits per heavy atom. The standard InChI is InChI=1S/C18H18Cl2N2O4/c1-26-13-5-2-11(3-6-13)16(23)9-21-17(24)10-22-18(25)14-7-4-12(19)8-15(14)20/h2-8,16,23H,9-10H2,1H3,(H,21,24)(H,22,25). The first-order chi connectivity index (χ1) is 12.4. The van der Waals surface area contributed by atoms with Gasteiger partial charge in [-0.25, -0.2) is 0 Å². The Hall–Kier alpha value is -2.28. The van der Waals surface area contributed by atoms with Gasteiger partial charge in [0.05, 0.1) is 30.3 Å². The monoisotopic (exact) mass is 396 g/mol. The molecule has 2 aromatic rings. The number of carbonyl (C=O) groups excluding carboxylic acids is 2. The van der Waals surface area contributed by atoms with E-state index in [2.05, 4.69) is 10.6 Å². The second kappa shape index (κ2) is 9.43. The molecule has 0 spiro atoms. The first-order valence-electron chi connectivity index (χ1n) is 7.72. The van der Waals surface area contributed by atoms with Crippen molar-refractivity contribution in [2.75, 3.05) is 20.2 Å². The highest BCUT2D eigenvalue weighted by Crippen LogP contribution is 2.20. The molecule has 2 aromatic carbocycles. The van der Waals surface area contributed by atoms with Gasteiger partial charge >= 0.3 is 0 Å². The van der Waals surface area contributed by atoms with Gasteiger partial charge in [0, 0.05) is 11.6 Å². The fourth-order valence-corrected chi connectivity index (χ4v) is 2.64. The van der Waals surface area contributed by atoms with Crippen LogP contribution in [0.3, 0.4) is 0 Å². The SMILES string of the molecule is COc1ccc(C(O)CNC(=O)CNC(=O)c2ccc(Cl)cc2Cl)cc1. The molecule has 0 saturated heterocycles. The quantitative estimate of drug-likeness (QED) is 0.670. The van der Waals surface area contributed by atoms with Gasteiger partial charge in [-0.1, -0.05) is 35.3 Å². The maximum atomic E-state index is 12.0. The summed E-state index contributed by atoms with van der Waals surface area (Å²) >= 11 is 11.7. The Bertz CT molecular complexity index is 781. The van der Waals surface area contributed by atoms with E-state index in [-0.39, 0.29) is 23.7 Å². The Morgan fingerprint density at radius 3 is 2.42 bits per heavy atom. The van der Waals surface area contributed by atoms with Gasteiger partial charge in [0.1, 0.15) is 5.75 Å². The zero-order valence-electron chi connectivity index (χ0n) is 14.0. The Labute approximate surface area is 161 Å². The molecule has 0 aromatic heterocycles. The summed E-state index contributed by atoms with van der Waals surface area (Å²) in [5, 5.41) is 15.7. The first kappa shape index (κ1) is 20.0. The Balaban J connectivity index is 1.80. The lowest BCUT2D eigenvalue weighted by Crippen LogP contribution is -2.38. The minimum atomic E-state index is -0.869. The van der Waals surface area contributed by atoms with Crippen LogP contribution >= 0.6 is 23.2 Å². The van der Waals surface area contributed by atoms with Crippen molar-refractivity contribution in [3.8, 4) is 5.75 Å². The number of nitrogens with one attached hydrogen (secondary N) is 2. The summed E-state index contributed by atoms with van der Waals surface area (Å²) in [4.78, 5) is 23.9. The molecule has 0 bridgehead atoms. The maximum absolute atomic E-state index is 12.0. The summed E-state index contributed by atoms with van der Waals surface area (Å²) in [6.45, 7) is -0.226. The van der Waals surface area contributed by atoms with Crippen molar-refractivity contribution in [1.82, 2.24) is 10.6 Å². The zero-order chi connectivity index (χ0) is 19.1. The van der Waals surface area contributed by atoms with Crippen LogP contribution in [-0.4, -0.2) is 37.1 Å². The molecule has 0 heterocycles. The minimum absolute atomic E-state index is 0.0166. The van der Waals surface area contributed by atoms with E-state index in [0.29, 0.717) is 16.3 Å². The summed E-state index contributed by atoms with van der Waals surface area (Å²) in [6.07, 6.45) is -0.869. The number of hydrogen-bond donors (Lipinski definition) is 3. The summed E-state index contributed by atoms with van der Waals surface area (Å²) in [5.74, 6) is -0.248. The number of halogens is 2. The molecular formula is C18H18Cl2N2O4. The van der Waals surface area contributed by atoms with E-state index in [1.807, 2.05) is 0 Å². The van der Waals surface area contributed by atoms with Crippen LogP contribution in [0.25, 0.3) is 0 Å². The molecule has 0 aliphatic heterocycles. The van der Waals surface area contributed by atoms with Gasteiger partial charge in [0.2, 0.25) is 5.91 Å². The van der Waals surface area contributed by atoms with Crippen LogP contribution in [0, 0.1) is 0 Å². The molecule has 2 amide bonds. The normalized spacial score (nSPS) is 11.5. The number of hydrogen-bond acceptors (Lipinski definition) is 4. The van der Waals surface area contributed by atoms with Gasteiger partial charge < -0.3 is 20.5 Å². The largest absolute Gasteiger partial charge is 0.497 e. The lowest BCUT2D eigenvalue weighted by atomic mass is 10.1. The second-order valence-electron chi connectivity index (χ2n) is 5.40. The van der Waals surface area contributed by atoms with E-state index in [4.69, 9.17) is 27.9 Å². The van der Waals surface area contributed by atoms with E-state index >= 15 is 0 Å². The van der Waals surface area contributed by atoms with Gasteiger partial charge in [0.15, 0.2) is 0 Å². The fraction of sp³-hybridized carbons (Fsp3) is 0.222. The van der Waals surface area contributed by atoms with Crippen LogP contribution in [0.5, 0.6) is 5.75 Å². The molecule has 6 nitrogen and oxygen atoms in total. The number of ether oxygens (including phenoxy) is 1. The van der Waals surface area contributed by atoms with Crippen molar-refractivity contribution >= 4 is 35.0 Å². The van der Waals surface area contributed by atoms with Gasteiger partial charge in [-0.2, -0.15) is 0 Å². The van der Waals surface area contributed by atoms with Crippen molar-refractivity contribution in [2.24, 2.45) is 0 Å². The van der Waals surface area contributed by atoms with Gasteiger partial charge in [0.25, 0.3) is 5.91 Å². The molecule has 0 radical (unpaired) electrons. The number of methoxy groups -OCH3 is 1. The minimum Gasteiger partial charge on any atom is -0.497 e. The molecule has 138 valence electrons. The van der Waals surface area contributed by atoms with Gasteiger partial charge in [-0.15, -0.1) is 0 Å². The van der Waals surface area contributed by atoms with Crippen molar-refractivity contribution in [3.05, 3.63) is 63.6 Å². The number of carbonyl (C=O) groups is 2. The van der Waals surface area contributed by atoms with E-state index < -0.39 is 17.9 Å². The van der Waals surface area contributed by atoms with Crippen molar-refractivity contribution in [1.29, 1.82) is 0 Å². The smallest absolute Gasteiger partial charge is 0.253 e. The molecule has 2 rings (SSSR count). The summed E-state index contributed by atoms with van der Waals surface area (Å²) in [5.41, 5.74) is 0.866. The van der Waals surface area contributed by atoms with Crippen LogP contribution in [0.1, 0.15) is 22.0 Å². The lowest BCUT2D eigenvalue weighted by Gasteiger charge is -2.13. The van der Waals surface area contributed by atoms with Gasteiger partial charge in [-0.05, 0) is 35.9 Å². The van der Waals surface area contributed by atoms with Crippen LogP contribution in [-0.2, 0) is 4.79 Å². The topological polar surface area (TPSA) is 87.7 Å². The number of aliphatic hydroxyl groups is 1. The van der Waals surface area contributed by atoms with Crippen LogP contribution in [0.2, 0.25) is 10.0 Å². The van der Waals surface area contributed by atoms with Crippen LogP contribution in [0.4, 0.5) is 0 Å². The van der Waals surface area contributed by atoms with E-state index in [0.717, 1.165) is 0 Å².